The van der Waals surface area contributed by atoms with Crippen LogP contribution in [0.3, 0.4) is 0 Å². The number of amides is 1. The lowest BCUT2D eigenvalue weighted by atomic mass is 10.0. The molecular weight excluding hydrogens is 368 g/mol. The van der Waals surface area contributed by atoms with Crippen molar-refractivity contribution in [1.82, 2.24) is 10.2 Å². The number of nitrogens with one attached hydrogen (secondary N) is 1. The molecule has 0 atom stereocenters. The van der Waals surface area contributed by atoms with Crippen molar-refractivity contribution in [2.75, 3.05) is 0 Å². The minimum atomic E-state index is -0.210. The highest BCUT2D eigenvalue weighted by atomic mass is 32.1. The lowest BCUT2D eigenvalue weighted by Gasteiger charge is -2.13. The molecule has 3 aromatic carbocycles. The van der Waals surface area contributed by atoms with Crippen LogP contribution in [0.25, 0.3) is 17.2 Å². The smallest absolute Gasteiger partial charge is 0.276 e. The van der Waals surface area contributed by atoms with Crippen molar-refractivity contribution >= 4 is 29.3 Å². The third-order valence-corrected chi connectivity index (χ3v) is 4.90. The maximum atomic E-state index is 12.8. The molecule has 28 heavy (non-hydrogen) atoms. The first kappa shape index (κ1) is 17.9. The molecule has 0 unspecified atom stereocenters. The Kier molecular flexibility index (Phi) is 4.91. The van der Waals surface area contributed by atoms with Gasteiger partial charge >= 0.3 is 0 Å². The third-order valence-electron chi connectivity index (χ3n) is 4.58. The molecule has 0 aromatic heterocycles. The molecule has 0 radical (unpaired) electrons. The fourth-order valence-corrected chi connectivity index (χ4v) is 3.37. The fourth-order valence-electron chi connectivity index (χ4n) is 3.12. The van der Waals surface area contributed by atoms with E-state index >= 15 is 0 Å². The Bertz CT molecular complexity index is 1060. The summed E-state index contributed by atoms with van der Waals surface area (Å²) in [6.07, 6.45) is 1.64. The summed E-state index contributed by atoms with van der Waals surface area (Å²) in [5.74, 6) is -0.104. The van der Waals surface area contributed by atoms with E-state index in [1.54, 1.807) is 12.1 Å². The molecular formula is C23H18N2O2S. The summed E-state index contributed by atoms with van der Waals surface area (Å²) in [5.41, 5.74) is 3.90. The second-order valence-electron chi connectivity index (χ2n) is 6.50. The van der Waals surface area contributed by atoms with Crippen molar-refractivity contribution in [2.24, 2.45) is 0 Å². The molecule has 1 saturated heterocycles. The summed E-state index contributed by atoms with van der Waals surface area (Å²) in [7, 11) is 0. The third kappa shape index (κ3) is 3.66. The van der Waals surface area contributed by atoms with Gasteiger partial charge in [-0.1, -0.05) is 66.7 Å². The Balaban J connectivity index is 1.62. The summed E-state index contributed by atoms with van der Waals surface area (Å²) >= 11 is 5.34. The monoisotopic (exact) mass is 386 g/mol. The average Bonchev–Trinajstić information content (AvgIpc) is 2.98. The maximum Gasteiger partial charge on any atom is 0.276 e. The van der Waals surface area contributed by atoms with Crippen molar-refractivity contribution < 1.29 is 9.90 Å². The van der Waals surface area contributed by atoms with Gasteiger partial charge in [0.05, 0.1) is 6.54 Å². The van der Waals surface area contributed by atoms with Crippen molar-refractivity contribution in [1.29, 1.82) is 0 Å². The summed E-state index contributed by atoms with van der Waals surface area (Å²) < 4.78 is 0. The van der Waals surface area contributed by atoms with Crippen LogP contribution in [0.4, 0.5) is 0 Å². The number of carbonyl (C=O) groups is 1. The lowest BCUT2D eigenvalue weighted by molar-refractivity contribution is -0.122. The summed E-state index contributed by atoms with van der Waals surface area (Å²) in [4.78, 5) is 14.3. The Morgan fingerprint density at radius 3 is 2.32 bits per heavy atom. The molecule has 0 saturated carbocycles. The van der Waals surface area contributed by atoms with Crippen LogP contribution in [0, 0.1) is 0 Å². The summed E-state index contributed by atoms with van der Waals surface area (Å²) in [6, 6.07) is 24.9. The quantitative estimate of drug-likeness (QED) is 0.518. The topological polar surface area (TPSA) is 52.6 Å². The maximum absolute atomic E-state index is 12.8. The summed E-state index contributed by atoms with van der Waals surface area (Å²) in [5, 5.41) is 13.6. The number of thiocarbonyl (C=S) groups is 1. The normalized spacial score (nSPS) is 15.1. The minimum absolute atomic E-state index is 0.106. The first-order valence-corrected chi connectivity index (χ1v) is 9.29. The number of aromatic hydroxyl groups is 1. The van der Waals surface area contributed by atoms with Crippen LogP contribution in [0.5, 0.6) is 5.75 Å². The first-order chi connectivity index (χ1) is 13.6. The van der Waals surface area contributed by atoms with E-state index in [0.717, 1.165) is 16.7 Å². The number of rotatable bonds is 4. The van der Waals surface area contributed by atoms with E-state index in [0.29, 0.717) is 22.9 Å². The van der Waals surface area contributed by atoms with Crippen molar-refractivity contribution in [3.63, 3.8) is 0 Å². The second kappa shape index (κ2) is 7.66. The van der Waals surface area contributed by atoms with E-state index in [4.69, 9.17) is 12.2 Å². The van der Waals surface area contributed by atoms with Crippen LogP contribution < -0.4 is 5.32 Å². The standard InChI is InChI=1S/C23H18N2O2S/c26-21-12-11-18(17-9-5-2-6-10-17)13-19(21)14-20-22(27)25(23(28)24-20)15-16-7-3-1-4-8-16/h1-14,26H,15H2,(H,24,28)/b20-14-. The number of nitrogens with zero attached hydrogens (tertiary/aromatic N) is 1. The van der Waals surface area contributed by atoms with Crippen molar-refractivity contribution in [3.05, 3.63) is 95.7 Å². The van der Waals surface area contributed by atoms with E-state index in [1.807, 2.05) is 72.8 Å². The molecule has 1 fully saturated rings. The minimum Gasteiger partial charge on any atom is -0.507 e. The van der Waals surface area contributed by atoms with Crippen molar-refractivity contribution in [2.45, 2.75) is 6.54 Å². The van der Waals surface area contributed by atoms with Gasteiger partial charge in [0.15, 0.2) is 5.11 Å². The predicted octanol–water partition coefficient (Wildman–Crippen LogP) is 4.32. The zero-order valence-corrected chi connectivity index (χ0v) is 15.8. The number of benzene rings is 3. The molecule has 0 aliphatic carbocycles. The van der Waals surface area contributed by atoms with Crippen LogP contribution in [-0.4, -0.2) is 21.0 Å². The Hall–Kier alpha value is -3.44. The van der Waals surface area contributed by atoms with E-state index < -0.39 is 0 Å². The summed E-state index contributed by atoms with van der Waals surface area (Å²) in [6.45, 7) is 0.402. The van der Waals surface area contributed by atoms with E-state index in [1.165, 1.54) is 4.90 Å². The molecule has 138 valence electrons. The highest BCUT2D eigenvalue weighted by Crippen LogP contribution is 2.28. The highest BCUT2D eigenvalue weighted by Gasteiger charge is 2.30. The van der Waals surface area contributed by atoms with E-state index in [9.17, 15) is 9.90 Å². The van der Waals surface area contributed by atoms with Gasteiger partial charge in [-0.05, 0) is 47.1 Å². The van der Waals surface area contributed by atoms with Gasteiger partial charge in [0.25, 0.3) is 5.91 Å². The van der Waals surface area contributed by atoms with Gasteiger partial charge in [-0.25, -0.2) is 0 Å². The Labute approximate surface area is 168 Å². The Morgan fingerprint density at radius 2 is 1.61 bits per heavy atom. The molecule has 1 amide bonds. The zero-order valence-electron chi connectivity index (χ0n) is 15.0. The van der Waals surface area contributed by atoms with Gasteiger partial charge in [-0.3, -0.25) is 9.69 Å². The molecule has 4 nitrogen and oxygen atoms in total. The predicted molar refractivity (Wildman–Crippen MR) is 114 cm³/mol. The molecule has 0 spiro atoms. The van der Waals surface area contributed by atoms with Gasteiger partial charge < -0.3 is 10.4 Å². The van der Waals surface area contributed by atoms with Crippen LogP contribution >= 0.6 is 12.2 Å². The molecule has 3 aromatic rings. The van der Waals surface area contributed by atoms with E-state index in [-0.39, 0.29) is 11.7 Å². The fraction of sp³-hybridized carbons (Fsp3) is 0.0435. The molecule has 0 bridgehead atoms. The first-order valence-electron chi connectivity index (χ1n) is 8.89. The van der Waals surface area contributed by atoms with Crippen LogP contribution in [-0.2, 0) is 11.3 Å². The highest BCUT2D eigenvalue weighted by molar-refractivity contribution is 7.80. The number of hydrogen-bond acceptors (Lipinski definition) is 3. The molecule has 1 aliphatic heterocycles. The van der Waals surface area contributed by atoms with Gasteiger partial charge in [-0.2, -0.15) is 0 Å². The van der Waals surface area contributed by atoms with Crippen LogP contribution in [0.15, 0.2) is 84.6 Å². The molecule has 4 rings (SSSR count). The van der Waals surface area contributed by atoms with Gasteiger partial charge in [0.1, 0.15) is 11.4 Å². The second-order valence-corrected chi connectivity index (χ2v) is 6.89. The van der Waals surface area contributed by atoms with E-state index in [2.05, 4.69) is 5.32 Å². The van der Waals surface area contributed by atoms with Gasteiger partial charge in [0, 0.05) is 5.56 Å². The molecule has 2 N–H and O–H groups in total. The van der Waals surface area contributed by atoms with Crippen LogP contribution in [0.2, 0.25) is 0 Å². The van der Waals surface area contributed by atoms with Gasteiger partial charge in [0.2, 0.25) is 0 Å². The molecule has 1 aliphatic rings. The molecule has 5 heteroatoms. The number of phenolic OH excluding ortho intramolecular Hbond substituents is 1. The van der Waals surface area contributed by atoms with Gasteiger partial charge in [-0.15, -0.1) is 0 Å². The largest absolute Gasteiger partial charge is 0.507 e. The number of hydrogen-bond donors (Lipinski definition) is 2. The van der Waals surface area contributed by atoms with Crippen LogP contribution in [0.1, 0.15) is 11.1 Å². The van der Waals surface area contributed by atoms with Crippen molar-refractivity contribution in [3.8, 4) is 16.9 Å². The zero-order chi connectivity index (χ0) is 19.5. The average molecular weight is 386 g/mol. The Morgan fingerprint density at radius 1 is 0.929 bits per heavy atom. The lowest BCUT2D eigenvalue weighted by Crippen LogP contribution is -2.29. The number of carbonyl (C=O) groups excluding carboxylic acids is 1. The molecule has 1 heterocycles. The number of phenols is 1. The SMILES string of the molecule is O=C1/C(=C/c2cc(-c3ccccc3)ccc2O)NC(=S)N1Cc1ccccc1.